The molecule has 18 heavy (non-hydrogen) atoms. The van der Waals surface area contributed by atoms with Gasteiger partial charge in [0, 0.05) is 23.5 Å². The fourth-order valence-corrected chi connectivity index (χ4v) is 1.97. The predicted octanol–water partition coefficient (Wildman–Crippen LogP) is 3.09. The summed E-state index contributed by atoms with van der Waals surface area (Å²) in [6, 6.07) is 14.0. The highest BCUT2D eigenvalue weighted by Crippen LogP contribution is 2.18. The minimum atomic E-state index is 0.867. The molecule has 4 nitrogen and oxygen atoms in total. The van der Waals surface area contributed by atoms with Crippen molar-refractivity contribution < 1.29 is 0 Å². The molecular formula is C14H14N4. The van der Waals surface area contributed by atoms with Gasteiger partial charge in [0.25, 0.3) is 0 Å². The molecule has 4 heteroatoms. The third-order valence-corrected chi connectivity index (χ3v) is 2.72. The van der Waals surface area contributed by atoms with Gasteiger partial charge in [-0.15, -0.1) is 0 Å². The first-order valence-electron chi connectivity index (χ1n) is 5.88. The molecule has 0 aliphatic carbocycles. The van der Waals surface area contributed by atoms with E-state index in [4.69, 9.17) is 0 Å². The number of hydrogen-bond donors (Lipinski definition) is 1. The Bertz CT molecular complexity index is 686. The average Bonchev–Trinajstić information content (AvgIpc) is 2.71. The first-order valence-corrected chi connectivity index (χ1v) is 5.88. The lowest BCUT2D eigenvalue weighted by Gasteiger charge is -2.08. The third-order valence-electron chi connectivity index (χ3n) is 2.72. The van der Waals surface area contributed by atoms with Gasteiger partial charge in [-0.1, -0.05) is 18.2 Å². The van der Waals surface area contributed by atoms with Crippen molar-refractivity contribution in [3.63, 3.8) is 0 Å². The molecule has 2 aromatic heterocycles. The first kappa shape index (κ1) is 10.8. The lowest BCUT2D eigenvalue weighted by atomic mass is 10.3. The quantitative estimate of drug-likeness (QED) is 0.746. The third kappa shape index (κ3) is 1.93. The molecule has 0 aliphatic heterocycles. The largest absolute Gasteiger partial charge is 0.340 e. The van der Waals surface area contributed by atoms with Crippen LogP contribution in [0.5, 0.6) is 0 Å². The molecule has 0 amide bonds. The highest BCUT2D eigenvalue weighted by Gasteiger charge is 2.06. The van der Waals surface area contributed by atoms with Gasteiger partial charge in [-0.3, -0.25) is 0 Å². The van der Waals surface area contributed by atoms with Crippen molar-refractivity contribution in [2.24, 2.45) is 0 Å². The predicted molar refractivity (Wildman–Crippen MR) is 72.2 cm³/mol. The van der Waals surface area contributed by atoms with Crippen LogP contribution in [-0.4, -0.2) is 14.6 Å². The smallest absolute Gasteiger partial charge is 0.157 e. The Hall–Kier alpha value is -2.36. The van der Waals surface area contributed by atoms with Crippen LogP contribution in [0.25, 0.3) is 5.65 Å². The van der Waals surface area contributed by atoms with Gasteiger partial charge >= 0.3 is 0 Å². The van der Waals surface area contributed by atoms with Gasteiger partial charge in [0.05, 0.1) is 5.69 Å². The first-order chi connectivity index (χ1) is 8.72. The second-order valence-corrected chi connectivity index (χ2v) is 4.33. The van der Waals surface area contributed by atoms with Crippen LogP contribution in [0.3, 0.4) is 0 Å². The Morgan fingerprint density at radius 1 is 1.00 bits per heavy atom. The fraction of sp³-hybridized carbons (Fsp3) is 0.143. The van der Waals surface area contributed by atoms with E-state index in [0.717, 1.165) is 28.5 Å². The van der Waals surface area contributed by atoms with E-state index in [2.05, 4.69) is 15.4 Å². The summed E-state index contributed by atoms with van der Waals surface area (Å²) in [7, 11) is 0. The van der Waals surface area contributed by atoms with E-state index in [1.165, 1.54) is 0 Å². The number of nitrogens with one attached hydrogen (secondary N) is 1. The number of benzene rings is 1. The molecule has 0 fully saturated rings. The van der Waals surface area contributed by atoms with Crippen LogP contribution < -0.4 is 5.32 Å². The Balaban J connectivity index is 2.10. The van der Waals surface area contributed by atoms with Crippen molar-refractivity contribution >= 4 is 17.2 Å². The summed E-state index contributed by atoms with van der Waals surface area (Å²) in [5.41, 5.74) is 3.84. The summed E-state index contributed by atoms with van der Waals surface area (Å²) in [4.78, 5) is 4.46. The van der Waals surface area contributed by atoms with Crippen molar-refractivity contribution in [1.82, 2.24) is 14.6 Å². The number of nitrogens with zero attached hydrogens (tertiary/aromatic N) is 3. The molecule has 0 spiro atoms. The molecule has 2 heterocycles. The van der Waals surface area contributed by atoms with Crippen LogP contribution in [0.15, 0.2) is 42.5 Å². The van der Waals surface area contributed by atoms with E-state index in [-0.39, 0.29) is 0 Å². The van der Waals surface area contributed by atoms with Gasteiger partial charge in [-0.25, -0.2) is 4.98 Å². The van der Waals surface area contributed by atoms with Crippen LogP contribution in [0.2, 0.25) is 0 Å². The molecule has 3 aromatic rings. The Kier molecular flexibility index (Phi) is 2.48. The second kappa shape index (κ2) is 4.14. The minimum absolute atomic E-state index is 0.867. The van der Waals surface area contributed by atoms with Gasteiger partial charge in [-0.2, -0.15) is 9.61 Å². The van der Waals surface area contributed by atoms with Crippen LogP contribution in [0, 0.1) is 13.8 Å². The molecule has 1 aromatic carbocycles. The molecule has 0 atom stereocenters. The van der Waals surface area contributed by atoms with E-state index in [1.807, 2.05) is 60.8 Å². The van der Waals surface area contributed by atoms with Crippen LogP contribution >= 0.6 is 0 Å². The van der Waals surface area contributed by atoms with Crippen molar-refractivity contribution in [2.45, 2.75) is 13.8 Å². The normalized spacial score (nSPS) is 10.8. The fourth-order valence-electron chi connectivity index (χ4n) is 1.97. The summed E-state index contributed by atoms with van der Waals surface area (Å²) in [5.74, 6) is 0.928. The number of aryl methyl sites for hydroxylation is 2. The number of anilines is 2. The maximum atomic E-state index is 4.46. The van der Waals surface area contributed by atoms with E-state index in [0.29, 0.717) is 0 Å². The zero-order chi connectivity index (χ0) is 12.5. The standard InChI is InChI=1S/C14H14N4/c1-10-8-14(16-12-6-4-3-5-7-12)18-13(15-10)9-11(2)17-18/h3-9,16H,1-2H3. The van der Waals surface area contributed by atoms with E-state index in [1.54, 1.807) is 0 Å². The van der Waals surface area contributed by atoms with Crippen molar-refractivity contribution in [1.29, 1.82) is 0 Å². The van der Waals surface area contributed by atoms with Gasteiger partial charge in [0.1, 0.15) is 5.82 Å². The summed E-state index contributed by atoms with van der Waals surface area (Å²) in [6.45, 7) is 3.95. The Morgan fingerprint density at radius 2 is 1.78 bits per heavy atom. The highest BCUT2D eigenvalue weighted by molar-refractivity contribution is 5.59. The molecule has 90 valence electrons. The van der Waals surface area contributed by atoms with E-state index >= 15 is 0 Å². The van der Waals surface area contributed by atoms with Crippen LogP contribution in [-0.2, 0) is 0 Å². The maximum Gasteiger partial charge on any atom is 0.157 e. The molecule has 0 radical (unpaired) electrons. The molecule has 3 rings (SSSR count). The lowest BCUT2D eigenvalue weighted by Crippen LogP contribution is -2.02. The summed E-state index contributed by atoms with van der Waals surface area (Å²) in [6.07, 6.45) is 0. The lowest BCUT2D eigenvalue weighted by molar-refractivity contribution is 0.917. The highest BCUT2D eigenvalue weighted by atomic mass is 15.3. The van der Waals surface area contributed by atoms with Gasteiger partial charge in [0.2, 0.25) is 0 Å². The second-order valence-electron chi connectivity index (χ2n) is 4.33. The molecule has 0 saturated heterocycles. The zero-order valence-corrected chi connectivity index (χ0v) is 10.4. The van der Waals surface area contributed by atoms with Gasteiger partial charge < -0.3 is 5.32 Å². The van der Waals surface area contributed by atoms with Crippen molar-refractivity contribution in [2.75, 3.05) is 5.32 Å². The SMILES string of the molecule is Cc1cc(Nc2ccccc2)n2nc(C)cc2n1. The molecule has 1 N–H and O–H groups in total. The van der Waals surface area contributed by atoms with E-state index < -0.39 is 0 Å². The Labute approximate surface area is 105 Å². The van der Waals surface area contributed by atoms with Crippen molar-refractivity contribution in [3.05, 3.63) is 53.9 Å². The minimum Gasteiger partial charge on any atom is -0.340 e. The van der Waals surface area contributed by atoms with Gasteiger partial charge in [-0.05, 0) is 26.0 Å². The molecule has 0 saturated carbocycles. The molecule has 0 bridgehead atoms. The number of rotatable bonds is 2. The van der Waals surface area contributed by atoms with E-state index in [9.17, 15) is 0 Å². The number of para-hydroxylation sites is 1. The Morgan fingerprint density at radius 3 is 2.56 bits per heavy atom. The summed E-state index contributed by atoms with van der Waals surface area (Å²) in [5, 5.41) is 7.80. The maximum absolute atomic E-state index is 4.46. The van der Waals surface area contributed by atoms with Crippen LogP contribution in [0.1, 0.15) is 11.4 Å². The summed E-state index contributed by atoms with van der Waals surface area (Å²) < 4.78 is 1.83. The molecule has 0 unspecified atom stereocenters. The number of aromatic nitrogens is 3. The van der Waals surface area contributed by atoms with Crippen molar-refractivity contribution in [3.8, 4) is 0 Å². The molecular weight excluding hydrogens is 224 g/mol. The zero-order valence-electron chi connectivity index (χ0n) is 10.4. The number of fused-ring (bicyclic) bond motifs is 1. The topological polar surface area (TPSA) is 42.2 Å². The number of hydrogen-bond acceptors (Lipinski definition) is 3. The summed E-state index contributed by atoms with van der Waals surface area (Å²) >= 11 is 0. The van der Waals surface area contributed by atoms with Gasteiger partial charge in [0.15, 0.2) is 5.65 Å². The monoisotopic (exact) mass is 238 g/mol. The molecule has 0 aliphatic rings. The van der Waals surface area contributed by atoms with Crippen LogP contribution in [0.4, 0.5) is 11.5 Å². The average molecular weight is 238 g/mol.